The van der Waals surface area contributed by atoms with Gasteiger partial charge in [0.25, 0.3) is 0 Å². The number of hydrogen-bond acceptors (Lipinski definition) is 4. The van der Waals surface area contributed by atoms with Gasteiger partial charge in [-0.1, -0.05) is 19.1 Å². The summed E-state index contributed by atoms with van der Waals surface area (Å²) in [5.74, 6) is 1.07. The Morgan fingerprint density at radius 3 is 2.18 bits per heavy atom. The number of carbonyl (C=O) groups excluding carboxylic acids is 2. The summed E-state index contributed by atoms with van der Waals surface area (Å²) in [4.78, 5) is 23.7. The molecule has 0 radical (unpaired) electrons. The molecule has 0 heterocycles. The van der Waals surface area contributed by atoms with Gasteiger partial charge in [0, 0.05) is 24.3 Å². The zero-order chi connectivity index (χ0) is 20.5. The minimum absolute atomic E-state index is 0.0339. The van der Waals surface area contributed by atoms with Crippen LogP contribution in [0.1, 0.15) is 37.4 Å². The van der Waals surface area contributed by atoms with Crippen molar-refractivity contribution in [1.82, 2.24) is 5.32 Å². The smallest absolute Gasteiger partial charge is 0.244 e. The summed E-state index contributed by atoms with van der Waals surface area (Å²) < 4.78 is 10.5. The SMILES string of the molecule is CCC(=O)Nc1ccc(C(C)NC(=O)/C=C/c2cc(OC)cc(OC)c2)cc1. The summed E-state index contributed by atoms with van der Waals surface area (Å²) in [5, 5.41) is 5.72. The van der Waals surface area contributed by atoms with Gasteiger partial charge < -0.3 is 20.1 Å². The topological polar surface area (TPSA) is 76.7 Å². The maximum atomic E-state index is 12.2. The molecule has 2 N–H and O–H groups in total. The number of nitrogens with one attached hydrogen (secondary N) is 2. The molecule has 148 valence electrons. The molecule has 28 heavy (non-hydrogen) atoms. The van der Waals surface area contributed by atoms with E-state index in [9.17, 15) is 9.59 Å². The number of methoxy groups -OCH3 is 2. The Balaban J connectivity index is 1.98. The molecule has 0 spiro atoms. The number of rotatable bonds is 8. The van der Waals surface area contributed by atoms with E-state index in [1.807, 2.05) is 43.3 Å². The van der Waals surface area contributed by atoms with Crippen LogP contribution in [0, 0.1) is 0 Å². The highest BCUT2D eigenvalue weighted by molar-refractivity contribution is 5.92. The first-order valence-corrected chi connectivity index (χ1v) is 9.06. The highest BCUT2D eigenvalue weighted by Crippen LogP contribution is 2.23. The lowest BCUT2D eigenvalue weighted by atomic mass is 10.1. The third-order valence-corrected chi connectivity index (χ3v) is 4.18. The fourth-order valence-electron chi connectivity index (χ4n) is 2.55. The molecule has 2 aromatic rings. The molecule has 0 aliphatic rings. The Bertz CT molecular complexity index is 822. The Kier molecular flexibility index (Phi) is 7.63. The van der Waals surface area contributed by atoms with Crippen molar-refractivity contribution in [2.24, 2.45) is 0 Å². The molecule has 1 unspecified atom stereocenters. The van der Waals surface area contributed by atoms with Gasteiger partial charge in [-0.15, -0.1) is 0 Å². The molecule has 2 amide bonds. The maximum absolute atomic E-state index is 12.2. The van der Waals surface area contributed by atoms with Crippen LogP contribution in [-0.4, -0.2) is 26.0 Å². The molecule has 0 bridgehead atoms. The van der Waals surface area contributed by atoms with E-state index in [2.05, 4.69) is 10.6 Å². The Hall–Kier alpha value is -3.28. The summed E-state index contributed by atoms with van der Waals surface area (Å²) in [6.45, 7) is 3.70. The van der Waals surface area contributed by atoms with Crippen molar-refractivity contribution in [3.8, 4) is 11.5 Å². The molecule has 0 saturated heterocycles. The fraction of sp³-hybridized carbons (Fsp3) is 0.273. The normalized spacial score (nSPS) is 11.7. The minimum atomic E-state index is -0.211. The average Bonchev–Trinajstić information content (AvgIpc) is 2.72. The van der Waals surface area contributed by atoms with Crippen LogP contribution in [0.4, 0.5) is 5.69 Å². The molecule has 0 aliphatic carbocycles. The molecule has 1 atom stereocenters. The molecular formula is C22H26N2O4. The first-order chi connectivity index (χ1) is 13.4. The van der Waals surface area contributed by atoms with Crippen LogP contribution in [0.25, 0.3) is 6.08 Å². The van der Waals surface area contributed by atoms with Crippen LogP contribution in [0.5, 0.6) is 11.5 Å². The zero-order valence-corrected chi connectivity index (χ0v) is 16.6. The molecule has 0 fully saturated rings. The Labute approximate surface area is 165 Å². The van der Waals surface area contributed by atoms with Crippen LogP contribution >= 0.6 is 0 Å². The van der Waals surface area contributed by atoms with Crippen LogP contribution in [0.15, 0.2) is 48.5 Å². The van der Waals surface area contributed by atoms with Gasteiger partial charge in [0.05, 0.1) is 20.3 Å². The lowest BCUT2D eigenvalue weighted by Gasteiger charge is -2.14. The predicted octanol–water partition coefficient (Wildman–Crippen LogP) is 3.94. The van der Waals surface area contributed by atoms with Crippen LogP contribution in [-0.2, 0) is 9.59 Å². The molecule has 2 rings (SSSR count). The zero-order valence-electron chi connectivity index (χ0n) is 16.6. The second-order valence-corrected chi connectivity index (χ2v) is 6.23. The van der Waals surface area contributed by atoms with Gasteiger partial charge in [0.2, 0.25) is 11.8 Å². The van der Waals surface area contributed by atoms with Crippen molar-refractivity contribution in [3.05, 3.63) is 59.7 Å². The number of amides is 2. The fourth-order valence-corrected chi connectivity index (χ4v) is 2.55. The van der Waals surface area contributed by atoms with Crippen LogP contribution < -0.4 is 20.1 Å². The van der Waals surface area contributed by atoms with Gasteiger partial charge >= 0.3 is 0 Å². The number of carbonyl (C=O) groups is 2. The second-order valence-electron chi connectivity index (χ2n) is 6.23. The molecule has 0 aliphatic heterocycles. The second kappa shape index (κ2) is 10.2. The van der Waals surface area contributed by atoms with Gasteiger partial charge in [0.1, 0.15) is 11.5 Å². The van der Waals surface area contributed by atoms with Crippen molar-refractivity contribution in [2.75, 3.05) is 19.5 Å². The van der Waals surface area contributed by atoms with Gasteiger partial charge in [-0.3, -0.25) is 9.59 Å². The summed E-state index contributed by atoms with van der Waals surface area (Å²) >= 11 is 0. The van der Waals surface area contributed by atoms with E-state index >= 15 is 0 Å². The minimum Gasteiger partial charge on any atom is -0.497 e. The summed E-state index contributed by atoms with van der Waals surface area (Å²) in [6.07, 6.45) is 3.61. The van der Waals surface area contributed by atoms with Crippen molar-refractivity contribution in [3.63, 3.8) is 0 Å². The third kappa shape index (κ3) is 6.16. The molecule has 0 aromatic heterocycles. The van der Waals surface area contributed by atoms with Crippen molar-refractivity contribution < 1.29 is 19.1 Å². The van der Waals surface area contributed by atoms with Gasteiger partial charge in [0.15, 0.2) is 0 Å². The molecular weight excluding hydrogens is 356 g/mol. The average molecular weight is 382 g/mol. The van der Waals surface area contributed by atoms with Gasteiger partial charge in [-0.05, 0) is 48.4 Å². The lowest BCUT2D eigenvalue weighted by Crippen LogP contribution is -2.24. The third-order valence-electron chi connectivity index (χ3n) is 4.18. The first-order valence-electron chi connectivity index (χ1n) is 9.06. The summed E-state index contributed by atoms with van der Waals surface area (Å²) in [7, 11) is 3.16. The van der Waals surface area contributed by atoms with Crippen LogP contribution in [0.2, 0.25) is 0 Å². The van der Waals surface area contributed by atoms with E-state index in [1.54, 1.807) is 33.3 Å². The van der Waals surface area contributed by atoms with E-state index in [-0.39, 0.29) is 17.9 Å². The highest BCUT2D eigenvalue weighted by Gasteiger charge is 2.08. The molecule has 2 aromatic carbocycles. The summed E-state index contributed by atoms with van der Waals surface area (Å²) in [6, 6.07) is 12.6. The van der Waals surface area contributed by atoms with Crippen molar-refractivity contribution in [1.29, 1.82) is 0 Å². The summed E-state index contributed by atoms with van der Waals surface area (Å²) in [5.41, 5.74) is 2.48. The number of anilines is 1. The lowest BCUT2D eigenvalue weighted by molar-refractivity contribution is -0.117. The van der Waals surface area contributed by atoms with Crippen LogP contribution in [0.3, 0.4) is 0 Å². The molecule has 6 heteroatoms. The predicted molar refractivity (Wildman–Crippen MR) is 111 cm³/mol. The standard InChI is InChI=1S/C22H26N2O4/c1-5-21(25)24-18-9-7-17(8-10-18)15(2)23-22(26)11-6-16-12-19(27-3)14-20(13-16)28-4/h6-15H,5H2,1-4H3,(H,23,26)(H,24,25)/b11-6+. The maximum Gasteiger partial charge on any atom is 0.244 e. The van der Waals surface area contributed by atoms with Gasteiger partial charge in [-0.25, -0.2) is 0 Å². The molecule has 0 saturated carbocycles. The molecule has 6 nitrogen and oxygen atoms in total. The number of ether oxygens (including phenoxy) is 2. The van der Waals surface area contributed by atoms with E-state index in [4.69, 9.17) is 9.47 Å². The van der Waals surface area contributed by atoms with E-state index < -0.39 is 0 Å². The number of benzene rings is 2. The Morgan fingerprint density at radius 2 is 1.64 bits per heavy atom. The van der Waals surface area contributed by atoms with Crippen molar-refractivity contribution in [2.45, 2.75) is 26.3 Å². The van der Waals surface area contributed by atoms with E-state index in [0.717, 1.165) is 16.8 Å². The highest BCUT2D eigenvalue weighted by atomic mass is 16.5. The Morgan fingerprint density at radius 1 is 1.04 bits per heavy atom. The van der Waals surface area contributed by atoms with E-state index in [0.29, 0.717) is 17.9 Å². The largest absolute Gasteiger partial charge is 0.497 e. The van der Waals surface area contributed by atoms with Gasteiger partial charge in [-0.2, -0.15) is 0 Å². The van der Waals surface area contributed by atoms with E-state index in [1.165, 1.54) is 6.08 Å². The van der Waals surface area contributed by atoms with Crippen molar-refractivity contribution >= 4 is 23.6 Å². The monoisotopic (exact) mass is 382 g/mol. The quantitative estimate of drug-likeness (QED) is 0.678. The first kappa shape index (κ1) is 21.0. The number of hydrogen-bond donors (Lipinski definition) is 2.